The lowest BCUT2D eigenvalue weighted by Crippen LogP contribution is -2.43. The Kier molecular flexibility index (Phi) is 6.89. The van der Waals surface area contributed by atoms with Crippen LogP contribution in [0.3, 0.4) is 0 Å². The molecule has 0 aromatic rings. The fourth-order valence-electron chi connectivity index (χ4n) is 3.42. The fourth-order valence-corrected chi connectivity index (χ4v) is 4.32. The topological polar surface area (TPSA) is 52.7 Å². The SMILES string of the molecule is CC(C)(C)[S@@](=O)CCNC(=O)N1CCC[C@@H](N2CCCC2)CC1. The van der Waals surface area contributed by atoms with Crippen LogP contribution in [0.25, 0.3) is 0 Å². The van der Waals surface area contributed by atoms with Crippen molar-refractivity contribution in [3.05, 3.63) is 0 Å². The summed E-state index contributed by atoms with van der Waals surface area (Å²) in [6, 6.07) is 0.668. The molecule has 2 aliphatic heterocycles. The number of carbonyl (C=O) groups is 1. The van der Waals surface area contributed by atoms with E-state index in [0.717, 1.165) is 25.9 Å². The van der Waals surface area contributed by atoms with Gasteiger partial charge in [0.1, 0.15) is 0 Å². The molecule has 0 bridgehead atoms. The standard InChI is InChI=1S/C17H33N3O2S/c1-17(2,3)23(22)14-9-18-16(21)20-12-6-7-15(8-13-20)19-10-4-5-11-19/h15H,4-14H2,1-3H3,(H,18,21)/t15-,23+/m1/s1. The van der Waals surface area contributed by atoms with Crippen molar-refractivity contribution in [2.45, 2.75) is 63.7 Å². The summed E-state index contributed by atoms with van der Waals surface area (Å²) in [6.45, 7) is 10.6. The molecule has 2 aliphatic rings. The summed E-state index contributed by atoms with van der Waals surface area (Å²) >= 11 is 0. The molecule has 0 radical (unpaired) electrons. The summed E-state index contributed by atoms with van der Waals surface area (Å²) in [6.07, 6.45) is 6.03. The molecule has 2 rings (SSSR count). The van der Waals surface area contributed by atoms with Crippen LogP contribution in [0.5, 0.6) is 0 Å². The number of amides is 2. The number of carbonyl (C=O) groups excluding carboxylic acids is 1. The Balaban J connectivity index is 1.71. The van der Waals surface area contributed by atoms with Gasteiger partial charge < -0.3 is 15.1 Å². The fraction of sp³-hybridized carbons (Fsp3) is 0.941. The predicted molar refractivity (Wildman–Crippen MR) is 96.2 cm³/mol. The zero-order valence-electron chi connectivity index (χ0n) is 15.0. The molecule has 134 valence electrons. The lowest BCUT2D eigenvalue weighted by molar-refractivity contribution is 0.194. The van der Waals surface area contributed by atoms with E-state index in [1.807, 2.05) is 25.7 Å². The quantitative estimate of drug-likeness (QED) is 0.851. The average molecular weight is 344 g/mol. The van der Waals surface area contributed by atoms with E-state index in [-0.39, 0.29) is 10.8 Å². The highest BCUT2D eigenvalue weighted by Gasteiger charge is 2.26. The minimum absolute atomic E-state index is 0.0120. The van der Waals surface area contributed by atoms with Gasteiger partial charge in [-0.05, 0) is 66.0 Å². The van der Waals surface area contributed by atoms with Crippen LogP contribution in [-0.4, -0.2) is 69.3 Å². The third-order valence-electron chi connectivity index (χ3n) is 4.89. The highest BCUT2D eigenvalue weighted by Crippen LogP contribution is 2.21. The minimum Gasteiger partial charge on any atom is -0.337 e. The zero-order chi connectivity index (χ0) is 16.9. The van der Waals surface area contributed by atoms with E-state index in [1.165, 1.54) is 32.4 Å². The first kappa shape index (κ1) is 18.7. The number of nitrogens with one attached hydrogen (secondary N) is 1. The third kappa shape index (κ3) is 5.75. The molecule has 0 saturated carbocycles. The van der Waals surface area contributed by atoms with Gasteiger partial charge in [-0.1, -0.05) is 0 Å². The van der Waals surface area contributed by atoms with Crippen molar-refractivity contribution < 1.29 is 9.00 Å². The van der Waals surface area contributed by atoms with Crippen LogP contribution in [0.1, 0.15) is 52.9 Å². The van der Waals surface area contributed by atoms with E-state index in [2.05, 4.69) is 10.2 Å². The Hall–Kier alpha value is -0.620. The Labute approximate surface area is 143 Å². The molecule has 2 amide bonds. The Bertz CT molecular complexity index is 417. The number of urea groups is 1. The molecule has 2 fully saturated rings. The molecule has 0 spiro atoms. The van der Waals surface area contributed by atoms with Gasteiger partial charge in [0, 0.05) is 47.0 Å². The monoisotopic (exact) mass is 343 g/mol. The average Bonchev–Trinajstić information content (AvgIpc) is 2.90. The Morgan fingerprint density at radius 2 is 1.78 bits per heavy atom. The second-order valence-electron chi connectivity index (χ2n) is 7.71. The van der Waals surface area contributed by atoms with Crippen molar-refractivity contribution in [1.29, 1.82) is 0 Å². The summed E-state index contributed by atoms with van der Waals surface area (Å²) in [7, 11) is -0.910. The van der Waals surface area contributed by atoms with Gasteiger partial charge in [-0.3, -0.25) is 4.21 Å². The maximum Gasteiger partial charge on any atom is 0.317 e. The van der Waals surface area contributed by atoms with E-state index in [9.17, 15) is 9.00 Å². The van der Waals surface area contributed by atoms with Crippen LogP contribution >= 0.6 is 0 Å². The highest BCUT2D eigenvalue weighted by atomic mass is 32.2. The summed E-state index contributed by atoms with van der Waals surface area (Å²) in [5.41, 5.74) is 0. The third-order valence-corrected chi connectivity index (χ3v) is 6.83. The zero-order valence-corrected chi connectivity index (χ0v) is 15.8. The van der Waals surface area contributed by atoms with E-state index in [4.69, 9.17) is 0 Å². The van der Waals surface area contributed by atoms with Crippen molar-refractivity contribution in [3.63, 3.8) is 0 Å². The molecule has 2 saturated heterocycles. The lowest BCUT2D eigenvalue weighted by Gasteiger charge is -2.26. The molecule has 1 N–H and O–H groups in total. The van der Waals surface area contributed by atoms with E-state index >= 15 is 0 Å². The molecular formula is C17H33N3O2S. The summed E-state index contributed by atoms with van der Waals surface area (Å²) in [5.74, 6) is 0.527. The van der Waals surface area contributed by atoms with Crippen LogP contribution < -0.4 is 5.32 Å². The van der Waals surface area contributed by atoms with Crippen molar-refractivity contribution in [1.82, 2.24) is 15.1 Å². The van der Waals surface area contributed by atoms with E-state index < -0.39 is 10.8 Å². The second-order valence-corrected chi connectivity index (χ2v) is 10.0. The van der Waals surface area contributed by atoms with E-state index in [0.29, 0.717) is 18.3 Å². The highest BCUT2D eigenvalue weighted by molar-refractivity contribution is 7.86. The molecular weight excluding hydrogens is 310 g/mol. The van der Waals surface area contributed by atoms with Gasteiger partial charge in [0.15, 0.2) is 0 Å². The molecule has 0 aliphatic carbocycles. The minimum atomic E-state index is -0.910. The number of likely N-dealkylation sites (tertiary alicyclic amines) is 2. The van der Waals surface area contributed by atoms with Crippen LogP contribution in [0.4, 0.5) is 4.79 Å². The smallest absolute Gasteiger partial charge is 0.317 e. The second kappa shape index (κ2) is 8.47. The van der Waals surface area contributed by atoms with Gasteiger partial charge in [0.05, 0.1) is 0 Å². The number of hydrogen-bond acceptors (Lipinski definition) is 3. The van der Waals surface area contributed by atoms with Gasteiger partial charge in [0.2, 0.25) is 0 Å². The van der Waals surface area contributed by atoms with Crippen LogP contribution in [0.15, 0.2) is 0 Å². The van der Waals surface area contributed by atoms with Crippen molar-refractivity contribution >= 4 is 16.8 Å². The largest absolute Gasteiger partial charge is 0.337 e. The molecule has 0 aromatic heterocycles. The number of rotatable bonds is 4. The first-order valence-corrected chi connectivity index (χ1v) is 10.3. The Morgan fingerprint density at radius 1 is 1.09 bits per heavy atom. The predicted octanol–water partition coefficient (Wildman–Crippen LogP) is 2.19. The molecule has 0 aromatic carbocycles. The molecule has 5 nitrogen and oxygen atoms in total. The summed E-state index contributed by atoms with van der Waals surface area (Å²) in [5, 5.41) is 2.95. The normalized spacial score (nSPS) is 25.2. The number of hydrogen-bond donors (Lipinski definition) is 1. The van der Waals surface area contributed by atoms with Crippen molar-refractivity contribution in [3.8, 4) is 0 Å². The number of nitrogens with zero attached hydrogens (tertiary/aromatic N) is 2. The Morgan fingerprint density at radius 3 is 2.43 bits per heavy atom. The van der Waals surface area contributed by atoms with Crippen LogP contribution in [-0.2, 0) is 10.8 Å². The van der Waals surface area contributed by atoms with Crippen LogP contribution in [0, 0.1) is 0 Å². The molecule has 2 atom stereocenters. The van der Waals surface area contributed by atoms with Gasteiger partial charge in [-0.25, -0.2) is 4.79 Å². The van der Waals surface area contributed by atoms with E-state index in [1.54, 1.807) is 0 Å². The van der Waals surface area contributed by atoms with Crippen LogP contribution in [0.2, 0.25) is 0 Å². The molecule has 0 unspecified atom stereocenters. The van der Waals surface area contributed by atoms with Gasteiger partial charge in [-0.2, -0.15) is 0 Å². The molecule has 6 heteroatoms. The lowest BCUT2D eigenvalue weighted by atomic mass is 10.1. The first-order valence-electron chi connectivity index (χ1n) is 9.03. The molecule has 2 heterocycles. The van der Waals surface area contributed by atoms with Crippen molar-refractivity contribution in [2.75, 3.05) is 38.5 Å². The van der Waals surface area contributed by atoms with Gasteiger partial charge in [0.25, 0.3) is 0 Å². The summed E-state index contributed by atoms with van der Waals surface area (Å²) < 4.78 is 11.8. The maximum absolute atomic E-state index is 12.3. The molecule has 23 heavy (non-hydrogen) atoms. The van der Waals surface area contributed by atoms with Gasteiger partial charge >= 0.3 is 6.03 Å². The summed E-state index contributed by atoms with van der Waals surface area (Å²) in [4.78, 5) is 16.9. The van der Waals surface area contributed by atoms with Gasteiger partial charge in [-0.15, -0.1) is 0 Å². The first-order chi connectivity index (χ1) is 10.9. The maximum atomic E-state index is 12.3. The van der Waals surface area contributed by atoms with Crippen molar-refractivity contribution in [2.24, 2.45) is 0 Å².